The Bertz CT molecular complexity index is 382. The molecule has 16 heavy (non-hydrogen) atoms. The molecule has 0 aliphatic carbocycles. The number of hydrogen-bond donors (Lipinski definition) is 0. The Morgan fingerprint density at radius 2 is 1.81 bits per heavy atom. The van der Waals surface area contributed by atoms with Gasteiger partial charge in [0.15, 0.2) is 0 Å². The Kier molecular flexibility index (Phi) is 4.95. The van der Waals surface area contributed by atoms with Crippen LogP contribution in [0.25, 0.3) is 0 Å². The number of halogens is 2. The van der Waals surface area contributed by atoms with Gasteiger partial charge >= 0.3 is 5.97 Å². The predicted octanol–water partition coefficient (Wildman–Crippen LogP) is 3.06. The Hall–Kier alpha value is -0.390. The first-order chi connectivity index (χ1) is 7.45. The molecule has 0 radical (unpaired) electrons. The van der Waals surface area contributed by atoms with Gasteiger partial charge in [0.2, 0.25) is 0 Å². The van der Waals surface area contributed by atoms with Gasteiger partial charge in [-0.05, 0) is 31.8 Å². The van der Waals surface area contributed by atoms with Crippen molar-refractivity contribution in [2.24, 2.45) is 0 Å². The number of ether oxygens (including phenoxy) is 1. The minimum absolute atomic E-state index is 0.335. The standard InChI is InChI=1S/C11H13Br2NO2/c1-14(2)6-8-9(12)4-7(5-10(8)13)11(15)16-3/h4-5H,6H2,1-3H3. The zero-order chi connectivity index (χ0) is 12.3. The van der Waals surface area contributed by atoms with Gasteiger partial charge in [0.1, 0.15) is 0 Å². The molecule has 1 aromatic rings. The molecule has 0 saturated heterocycles. The zero-order valence-electron chi connectivity index (χ0n) is 9.38. The van der Waals surface area contributed by atoms with E-state index in [1.807, 2.05) is 14.1 Å². The summed E-state index contributed by atoms with van der Waals surface area (Å²) in [6, 6.07) is 3.55. The molecular formula is C11H13Br2NO2. The van der Waals surface area contributed by atoms with Crippen molar-refractivity contribution < 1.29 is 9.53 Å². The first kappa shape index (κ1) is 13.7. The summed E-state index contributed by atoms with van der Waals surface area (Å²) in [6.45, 7) is 0.794. The van der Waals surface area contributed by atoms with E-state index in [-0.39, 0.29) is 5.97 Å². The summed E-state index contributed by atoms with van der Waals surface area (Å²) >= 11 is 6.92. The van der Waals surface area contributed by atoms with Crippen LogP contribution >= 0.6 is 31.9 Å². The van der Waals surface area contributed by atoms with E-state index in [1.54, 1.807) is 12.1 Å². The van der Waals surface area contributed by atoms with Gasteiger partial charge in [-0.2, -0.15) is 0 Å². The quantitative estimate of drug-likeness (QED) is 0.784. The number of benzene rings is 1. The second kappa shape index (κ2) is 5.80. The molecule has 0 N–H and O–H groups in total. The lowest BCUT2D eigenvalue weighted by Crippen LogP contribution is -2.12. The van der Waals surface area contributed by atoms with Gasteiger partial charge in [0, 0.05) is 15.5 Å². The third-order valence-electron chi connectivity index (χ3n) is 2.04. The van der Waals surface area contributed by atoms with Crippen LogP contribution in [-0.2, 0) is 11.3 Å². The van der Waals surface area contributed by atoms with Gasteiger partial charge in [-0.15, -0.1) is 0 Å². The number of rotatable bonds is 3. The summed E-state index contributed by atoms with van der Waals surface area (Å²) < 4.78 is 6.47. The molecular weight excluding hydrogens is 338 g/mol. The van der Waals surface area contributed by atoms with E-state index in [2.05, 4.69) is 41.5 Å². The van der Waals surface area contributed by atoms with Crippen molar-refractivity contribution in [3.8, 4) is 0 Å². The van der Waals surface area contributed by atoms with E-state index >= 15 is 0 Å². The highest BCUT2D eigenvalue weighted by Crippen LogP contribution is 2.28. The summed E-state index contributed by atoms with van der Waals surface area (Å²) in [5.74, 6) is -0.335. The SMILES string of the molecule is COC(=O)c1cc(Br)c(CN(C)C)c(Br)c1. The number of methoxy groups -OCH3 is 1. The van der Waals surface area contributed by atoms with Crippen molar-refractivity contribution >= 4 is 37.8 Å². The highest BCUT2D eigenvalue weighted by Gasteiger charge is 2.12. The van der Waals surface area contributed by atoms with Crippen LogP contribution < -0.4 is 0 Å². The van der Waals surface area contributed by atoms with E-state index in [4.69, 9.17) is 0 Å². The van der Waals surface area contributed by atoms with E-state index in [9.17, 15) is 4.79 Å². The maximum atomic E-state index is 11.4. The molecule has 0 unspecified atom stereocenters. The minimum Gasteiger partial charge on any atom is -0.465 e. The molecule has 0 aromatic heterocycles. The maximum absolute atomic E-state index is 11.4. The molecule has 0 saturated carbocycles. The Morgan fingerprint density at radius 3 is 2.19 bits per heavy atom. The first-order valence-electron chi connectivity index (χ1n) is 4.66. The van der Waals surface area contributed by atoms with E-state index in [1.165, 1.54) is 7.11 Å². The number of nitrogens with zero attached hydrogens (tertiary/aromatic N) is 1. The molecule has 0 fully saturated rings. The maximum Gasteiger partial charge on any atom is 0.337 e. The van der Waals surface area contributed by atoms with E-state index in [0.29, 0.717) is 5.56 Å². The molecule has 3 nitrogen and oxygen atoms in total. The summed E-state index contributed by atoms with van der Waals surface area (Å²) in [7, 11) is 5.36. The second-order valence-electron chi connectivity index (χ2n) is 3.65. The fourth-order valence-electron chi connectivity index (χ4n) is 1.31. The minimum atomic E-state index is -0.335. The fraction of sp³-hybridized carbons (Fsp3) is 0.364. The Balaban J connectivity index is 3.12. The monoisotopic (exact) mass is 349 g/mol. The number of esters is 1. The molecule has 0 atom stereocenters. The van der Waals surface area contributed by atoms with Gasteiger partial charge in [0.05, 0.1) is 12.7 Å². The third kappa shape index (κ3) is 3.30. The lowest BCUT2D eigenvalue weighted by Gasteiger charge is -2.14. The Labute approximate surface area is 112 Å². The van der Waals surface area contributed by atoms with E-state index < -0.39 is 0 Å². The number of carbonyl (C=O) groups excluding carboxylic acids is 1. The highest BCUT2D eigenvalue weighted by atomic mass is 79.9. The van der Waals surface area contributed by atoms with Crippen LogP contribution in [0.2, 0.25) is 0 Å². The van der Waals surface area contributed by atoms with Crippen LogP contribution in [-0.4, -0.2) is 32.1 Å². The first-order valence-corrected chi connectivity index (χ1v) is 6.25. The summed E-state index contributed by atoms with van der Waals surface area (Å²) in [4.78, 5) is 13.4. The fourth-order valence-corrected chi connectivity index (χ4v) is 2.74. The van der Waals surface area contributed by atoms with Gasteiger partial charge in [0.25, 0.3) is 0 Å². The average Bonchev–Trinajstić information content (AvgIpc) is 2.21. The topological polar surface area (TPSA) is 29.5 Å². The third-order valence-corrected chi connectivity index (χ3v) is 3.45. The molecule has 88 valence electrons. The van der Waals surface area contributed by atoms with Gasteiger partial charge < -0.3 is 9.64 Å². The molecule has 1 aromatic carbocycles. The van der Waals surface area contributed by atoms with Crippen molar-refractivity contribution in [1.82, 2.24) is 4.90 Å². The Morgan fingerprint density at radius 1 is 1.31 bits per heavy atom. The smallest absolute Gasteiger partial charge is 0.337 e. The molecule has 0 spiro atoms. The van der Waals surface area contributed by atoms with Gasteiger partial charge in [-0.1, -0.05) is 31.9 Å². The van der Waals surface area contributed by atoms with Crippen LogP contribution in [0, 0.1) is 0 Å². The van der Waals surface area contributed by atoms with Crippen molar-refractivity contribution in [3.63, 3.8) is 0 Å². The van der Waals surface area contributed by atoms with Crippen molar-refractivity contribution in [2.45, 2.75) is 6.54 Å². The van der Waals surface area contributed by atoms with Crippen LogP contribution in [0.4, 0.5) is 0 Å². The molecule has 0 heterocycles. The van der Waals surface area contributed by atoms with E-state index in [0.717, 1.165) is 21.1 Å². The van der Waals surface area contributed by atoms with Crippen LogP contribution in [0.5, 0.6) is 0 Å². The largest absolute Gasteiger partial charge is 0.465 e. The van der Waals surface area contributed by atoms with Crippen LogP contribution in [0.15, 0.2) is 21.1 Å². The van der Waals surface area contributed by atoms with Crippen LogP contribution in [0.1, 0.15) is 15.9 Å². The predicted molar refractivity (Wildman–Crippen MR) is 70.6 cm³/mol. The zero-order valence-corrected chi connectivity index (χ0v) is 12.6. The molecule has 1 rings (SSSR count). The number of carbonyl (C=O) groups is 1. The van der Waals surface area contributed by atoms with Gasteiger partial charge in [-0.3, -0.25) is 0 Å². The van der Waals surface area contributed by atoms with Gasteiger partial charge in [-0.25, -0.2) is 4.79 Å². The second-order valence-corrected chi connectivity index (χ2v) is 5.36. The van der Waals surface area contributed by atoms with Crippen molar-refractivity contribution in [3.05, 3.63) is 32.2 Å². The lowest BCUT2D eigenvalue weighted by atomic mass is 10.1. The number of hydrogen-bond acceptors (Lipinski definition) is 3. The average molecular weight is 351 g/mol. The molecule has 5 heteroatoms. The van der Waals surface area contributed by atoms with Crippen LogP contribution in [0.3, 0.4) is 0 Å². The summed E-state index contributed by atoms with van der Waals surface area (Å²) in [5.41, 5.74) is 1.64. The molecule has 0 aliphatic heterocycles. The summed E-state index contributed by atoms with van der Waals surface area (Å²) in [6.07, 6.45) is 0. The highest BCUT2D eigenvalue weighted by molar-refractivity contribution is 9.11. The van der Waals surface area contributed by atoms with Crippen molar-refractivity contribution in [2.75, 3.05) is 21.2 Å². The van der Waals surface area contributed by atoms with Crippen molar-refractivity contribution in [1.29, 1.82) is 0 Å². The molecule has 0 amide bonds. The normalized spacial score (nSPS) is 10.6. The molecule has 0 aliphatic rings. The lowest BCUT2D eigenvalue weighted by molar-refractivity contribution is 0.0600. The summed E-state index contributed by atoms with van der Waals surface area (Å²) in [5, 5.41) is 0. The molecule has 0 bridgehead atoms.